The van der Waals surface area contributed by atoms with Crippen LogP contribution in [-0.4, -0.2) is 38.7 Å². The third-order valence-electron chi connectivity index (χ3n) is 3.76. The molecular weight excluding hydrogens is 318 g/mol. The molecule has 0 radical (unpaired) electrons. The largest absolute Gasteiger partial charge is 0.342 e. The van der Waals surface area contributed by atoms with Crippen molar-refractivity contribution in [2.45, 2.75) is 30.2 Å². The minimum absolute atomic E-state index is 0.133. The molecule has 1 saturated heterocycles. The van der Waals surface area contributed by atoms with Gasteiger partial charge in [-0.05, 0) is 44.0 Å². The van der Waals surface area contributed by atoms with E-state index in [1.165, 1.54) is 11.8 Å². The Kier molecular flexibility index (Phi) is 4.74. The fourth-order valence-electron chi connectivity index (χ4n) is 2.58. The summed E-state index contributed by atoms with van der Waals surface area (Å²) in [5, 5.41) is 1.39. The molecule has 1 aliphatic heterocycles. The maximum atomic E-state index is 12.4. The zero-order valence-corrected chi connectivity index (χ0v) is 14.0. The monoisotopic (exact) mass is 335 g/mol. The summed E-state index contributed by atoms with van der Waals surface area (Å²) in [6.45, 7) is 3.72. The summed E-state index contributed by atoms with van der Waals surface area (Å²) in [5.74, 6) is 0.202. The molecule has 0 spiro atoms. The molecule has 1 fully saturated rings. The average Bonchev–Trinajstić information content (AvgIpc) is 3.18. The predicted molar refractivity (Wildman–Crippen MR) is 89.7 cm³/mol. The van der Waals surface area contributed by atoms with Crippen molar-refractivity contribution in [3.05, 3.63) is 41.7 Å². The Labute approximate surface area is 139 Å². The molecule has 116 valence electrons. The van der Waals surface area contributed by atoms with Crippen LogP contribution in [0.3, 0.4) is 0 Å². The first kappa shape index (κ1) is 15.4. The summed E-state index contributed by atoms with van der Waals surface area (Å²) < 4.78 is 1.98. The minimum Gasteiger partial charge on any atom is -0.342 e. The standard InChI is InChI=1S/C16H18ClN3OS/c1-12(15(21)19-9-2-3-10-19)22-16-18-8-11-20(16)14-6-4-13(17)5-7-14/h4-8,11-12H,2-3,9-10H2,1H3/t12-/m0/s1. The topological polar surface area (TPSA) is 38.1 Å². The summed E-state index contributed by atoms with van der Waals surface area (Å²) in [6, 6.07) is 7.59. The second-order valence-electron chi connectivity index (χ2n) is 5.35. The molecule has 0 N–H and O–H groups in total. The van der Waals surface area contributed by atoms with Crippen molar-refractivity contribution < 1.29 is 4.79 Å². The van der Waals surface area contributed by atoms with Crippen molar-refractivity contribution in [3.63, 3.8) is 0 Å². The van der Waals surface area contributed by atoms with Crippen LogP contribution in [0.5, 0.6) is 0 Å². The van der Waals surface area contributed by atoms with Crippen LogP contribution in [0.4, 0.5) is 0 Å². The highest BCUT2D eigenvalue weighted by Crippen LogP contribution is 2.27. The summed E-state index contributed by atoms with van der Waals surface area (Å²) in [4.78, 5) is 18.8. The Hall–Kier alpha value is -1.46. The minimum atomic E-state index is -0.133. The van der Waals surface area contributed by atoms with Gasteiger partial charge in [0.25, 0.3) is 0 Å². The molecule has 1 amide bonds. The number of thioether (sulfide) groups is 1. The van der Waals surface area contributed by atoms with E-state index in [-0.39, 0.29) is 11.2 Å². The van der Waals surface area contributed by atoms with E-state index in [0.29, 0.717) is 5.02 Å². The quantitative estimate of drug-likeness (QED) is 0.801. The molecule has 22 heavy (non-hydrogen) atoms. The molecule has 0 unspecified atom stereocenters. The molecule has 0 saturated carbocycles. The molecule has 1 aromatic carbocycles. The molecule has 1 aliphatic rings. The molecule has 2 aromatic rings. The first-order valence-electron chi connectivity index (χ1n) is 7.40. The van der Waals surface area contributed by atoms with Gasteiger partial charge in [-0.25, -0.2) is 4.98 Å². The van der Waals surface area contributed by atoms with Crippen molar-refractivity contribution in [1.29, 1.82) is 0 Å². The lowest BCUT2D eigenvalue weighted by atomic mass is 10.3. The van der Waals surface area contributed by atoms with E-state index in [4.69, 9.17) is 11.6 Å². The van der Waals surface area contributed by atoms with Crippen molar-refractivity contribution in [2.24, 2.45) is 0 Å². The number of carbonyl (C=O) groups is 1. The van der Waals surface area contributed by atoms with Crippen LogP contribution in [-0.2, 0) is 4.79 Å². The number of halogens is 1. The number of carbonyl (C=O) groups excluding carboxylic acids is 1. The van der Waals surface area contributed by atoms with Crippen LogP contribution in [0.1, 0.15) is 19.8 Å². The first-order valence-corrected chi connectivity index (χ1v) is 8.65. The van der Waals surface area contributed by atoms with Gasteiger partial charge in [-0.3, -0.25) is 9.36 Å². The van der Waals surface area contributed by atoms with E-state index in [1.807, 2.05) is 46.9 Å². The zero-order valence-electron chi connectivity index (χ0n) is 12.4. The number of likely N-dealkylation sites (tertiary alicyclic amines) is 1. The van der Waals surface area contributed by atoms with Crippen LogP contribution in [0, 0.1) is 0 Å². The Bertz CT molecular complexity index is 650. The highest BCUT2D eigenvalue weighted by Gasteiger charge is 2.25. The fourth-order valence-corrected chi connectivity index (χ4v) is 3.67. The highest BCUT2D eigenvalue weighted by atomic mass is 35.5. The summed E-state index contributed by atoms with van der Waals surface area (Å²) in [5.41, 5.74) is 0.991. The molecule has 6 heteroatoms. The third kappa shape index (κ3) is 3.31. The van der Waals surface area contributed by atoms with Gasteiger partial charge in [0.15, 0.2) is 5.16 Å². The van der Waals surface area contributed by atoms with Crippen LogP contribution in [0.15, 0.2) is 41.8 Å². The number of amides is 1. The molecule has 2 heterocycles. The van der Waals surface area contributed by atoms with Gasteiger partial charge in [-0.2, -0.15) is 0 Å². The van der Waals surface area contributed by atoms with Gasteiger partial charge in [-0.1, -0.05) is 23.4 Å². The number of hydrogen-bond acceptors (Lipinski definition) is 3. The summed E-state index contributed by atoms with van der Waals surface area (Å²) in [7, 11) is 0. The number of nitrogens with zero attached hydrogens (tertiary/aromatic N) is 3. The summed E-state index contributed by atoms with van der Waals surface area (Å²) in [6.07, 6.45) is 5.88. The van der Waals surface area contributed by atoms with Crippen LogP contribution >= 0.6 is 23.4 Å². The van der Waals surface area contributed by atoms with Gasteiger partial charge >= 0.3 is 0 Å². The number of imidazole rings is 1. The lowest BCUT2D eigenvalue weighted by Crippen LogP contribution is -2.34. The normalized spacial score (nSPS) is 16.0. The number of benzene rings is 1. The molecule has 1 aromatic heterocycles. The van der Waals surface area contributed by atoms with Gasteiger partial charge in [-0.15, -0.1) is 0 Å². The smallest absolute Gasteiger partial charge is 0.235 e. The number of hydrogen-bond donors (Lipinski definition) is 0. The Morgan fingerprint density at radius 3 is 2.64 bits per heavy atom. The molecular formula is C16H18ClN3OS. The number of rotatable bonds is 4. The molecule has 0 bridgehead atoms. The average molecular weight is 336 g/mol. The molecule has 1 atom stereocenters. The van der Waals surface area contributed by atoms with E-state index in [9.17, 15) is 4.79 Å². The van der Waals surface area contributed by atoms with Crippen LogP contribution < -0.4 is 0 Å². The maximum Gasteiger partial charge on any atom is 0.235 e. The van der Waals surface area contributed by atoms with E-state index < -0.39 is 0 Å². The molecule has 0 aliphatic carbocycles. The van der Waals surface area contributed by atoms with E-state index >= 15 is 0 Å². The highest BCUT2D eigenvalue weighted by molar-refractivity contribution is 8.00. The van der Waals surface area contributed by atoms with E-state index in [0.717, 1.165) is 36.8 Å². The van der Waals surface area contributed by atoms with Crippen molar-refractivity contribution >= 4 is 29.3 Å². The van der Waals surface area contributed by atoms with Gasteiger partial charge in [0.2, 0.25) is 5.91 Å². The zero-order chi connectivity index (χ0) is 15.5. The number of aromatic nitrogens is 2. The molecule has 3 rings (SSSR count). The summed E-state index contributed by atoms with van der Waals surface area (Å²) >= 11 is 7.43. The van der Waals surface area contributed by atoms with E-state index in [2.05, 4.69) is 4.98 Å². The van der Waals surface area contributed by atoms with Gasteiger partial charge in [0.1, 0.15) is 0 Å². The Balaban J connectivity index is 1.74. The first-order chi connectivity index (χ1) is 10.6. The van der Waals surface area contributed by atoms with Crippen molar-refractivity contribution in [3.8, 4) is 5.69 Å². The lowest BCUT2D eigenvalue weighted by molar-refractivity contribution is -0.129. The van der Waals surface area contributed by atoms with Gasteiger partial charge < -0.3 is 4.90 Å². The van der Waals surface area contributed by atoms with Gasteiger partial charge in [0.05, 0.1) is 5.25 Å². The SMILES string of the molecule is C[C@H](Sc1nccn1-c1ccc(Cl)cc1)C(=O)N1CCCC1. The van der Waals surface area contributed by atoms with Crippen molar-refractivity contribution in [2.75, 3.05) is 13.1 Å². The maximum absolute atomic E-state index is 12.4. The lowest BCUT2D eigenvalue weighted by Gasteiger charge is -2.20. The van der Waals surface area contributed by atoms with Crippen molar-refractivity contribution in [1.82, 2.24) is 14.5 Å². The van der Waals surface area contributed by atoms with Crippen LogP contribution in [0.25, 0.3) is 5.69 Å². The van der Waals surface area contributed by atoms with Gasteiger partial charge in [0, 0.05) is 36.2 Å². The van der Waals surface area contributed by atoms with Crippen LogP contribution in [0.2, 0.25) is 5.02 Å². The predicted octanol–water partition coefficient (Wildman–Crippen LogP) is 3.63. The third-order valence-corrected chi connectivity index (χ3v) is 5.08. The second-order valence-corrected chi connectivity index (χ2v) is 7.09. The Morgan fingerprint density at radius 1 is 1.27 bits per heavy atom. The molecule has 4 nitrogen and oxygen atoms in total. The second kappa shape index (κ2) is 6.75. The fraction of sp³-hybridized carbons (Fsp3) is 0.375. The van der Waals surface area contributed by atoms with E-state index in [1.54, 1.807) is 6.20 Å². The Morgan fingerprint density at radius 2 is 1.95 bits per heavy atom.